The van der Waals surface area contributed by atoms with Gasteiger partial charge in [-0.15, -0.1) is 0 Å². The molecule has 0 heterocycles. The molecule has 7 nitrogen and oxygen atoms in total. The Bertz CT molecular complexity index is 885. The lowest BCUT2D eigenvalue weighted by Gasteiger charge is -2.15. The number of carbonyl (C=O) groups excluding carboxylic acids is 1. The van der Waals surface area contributed by atoms with E-state index < -0.39 is 16.1 Å². The molecule has 25 heavy (non-hydrogen) atoms. The third-order valence-corrected chi connectivity index (χ3v) is 4.80. The molecule has 0 fully saturated rings. The monoisotopic (exact) mass is 359 g/mol. The summed E-state index contributed by atoms with van der Waals surface area (Å²) in [5.74, 6) is 0.0886. The molecule has 0 saturated carbocycles. The Morgan fingerprint density at radius 3 is 2.24 bits per heavy atom. The second-order valence-corrected chi connectivity index (χ2v) is 7.00. The molecular formula is C17H17N3O4S. The zero-order valence-corrected chi connectivity index (χ0v) is 14.5. The highest BCUT2D eigenvalue weighted by Gasteiger charge is 2.16. The molecule has 0 unspecified atom stereocenters. The maximum absolute atomic E-state index is 12.2. The van der Waals surface area contributed by atoms with Crippen LogP contribution in [-0.4, -0.2) is 27.5 Å². The van der Waals surface area contributed by atoms with Crippen LogP contribution in [0.25, 0.3) is 0 Å². The summed E-state index contributed by atoms with van der Waals surface area (Å²) in [7, 11) is -2.19. The van der Waals surface area contributed by atoms with E-state index in [-0.39, 0.29) is 10.8 Å². The number of ether oxygens (including phenoxy) is 1. The van der Waals surface area contributed by atoms with Gasteiger partial charge in [0.2, 0.25) is 10.0 Å². The van der Waals surface area contributed by atoms with Gasteiger partial charge in [-0.25, -0.2) is 13.1 Å². The van der Waals surface area contributed by atoms with E-state index in [1.807, 2.05) is 6.07 Å². The molecule has 2 N–H and O–H groups in total. The number of nitriles is 1. The van der Waals surface area contributed by atoms with Gasteiger partial charge >= 0.3 is 0 Å². The molecule has 0 aliphatic carbocycles. The Kier molecular flexibility index (Phi) is 5.75. The van der Waals surface area contributed by atoms with Gasteiger partial charge in [0.05, 0.1) is 16.5 Å². The Labute approximate surface area is 146 Å². The number of carbonyl (C=O) groups is 1. The smallest absolute Gasteiger partial charge is 0.265 e. The molecule has 2 aromatic carbocycles. The average molecular weight is 359 g/mol. The van der Waals surface area contributed by atoms with Crippen LogP contribution in [-0.2, 0) is 14.8 Å². The van der Waals surface area contributed by atoms with Gasteiger partial charge in [-0.2, -0.15) is 5.26 Å². The predicted molar refractivity (Wildman–Crippen MR) is 92.6 cm³/mol. The highest BCUT2D eigenvalue weighted by atomic mass is 32.2. The zero-order valence-electron chi connectivity index (χ0n) is 13.7. The van der Waals surface area contributed by atoms with Crippen molar-refractivity contribution in [2.45, 2.75) is 17.9 Å². The van der Waals surface area contributed by atoms with Crippen LogP contribution in [0.1, 0.15) is 12.5 Å². The summed E-state index contributed by atoms with van der Waals surface area (Å²) in [5, 5.41) is 11.4. The van der Waals surface area contributed by atoms with Crippen molar-refractivity contribution in [1.29, 1.82) is 5.26 Å². The van der Waals surface area contributed by atoms with E-state index in [1.165, 1.54) is 31.3 Å². The van der Waals surface area contributed by atoms with Crippen LogP contribution >= 0.6 is 0 Å². The van der Waals surface area contributed by atoms with E-state index in [0.717, 1.165) is 0 Å². The predicted octanol–water partition coefficient (Wildman–Crippen LogP) is 1.87. The number of anilines is 1. The number of hydrogen-bond acceptors (Lipinski definition) is 5. The van der Waals surface area contributed by atoms with Crippen molar-refractivity contribution in [2.24, 2.45) is 0 Å². The van der Waals surface area contributed by atoms with Crippen LogP contribution in [0.2, 0.25) is 0 Å². The lowest BCUT2D eigenvalue weighted by molar-refractivity contribution is -0.122. The number of nitrogens with zero attached hydrogens (tertiary/aromatic N) is 1. The van der Waals surface area contributed by atoms with Gasteiger partial charge in [0.1, 0.15) is 5.75 Å². The quantitative estimate of drug-likeness (QED) is 0.818. The second-order valence-electron chi connectivity index (χ2n) is 5.12. The first-order chi connectivity index (χ1) is 11.9. The van der Waals surface area contributed by atoms with Crippen molar-refractivity contribution in [3.05, 3.63) is 54.1 Å². The molecule has 0 saturated heterocycles. The van der Waals surface area contributed by atoms with Crippen LogP contribution in [0.4, 0.5) is 5.69 Å². The topological polar surface area (TPSA) is 108 Å². The van der Waals surface area contributed by atoms with E-state index in [2.05, 4.69) is 10.0 Å². The maximum Gasteiger partial charge on any atom is 0.265 e. The van der Waals surface area contributed by atoms with E-state index in [0.29, 0.717) is 17.0 Å². The fraction of sp³-hybridized carbons (Fsp3) is 0.176. The summed E-state index contributed by atoms with van der Waals surface area (Å²) in [6, 6.07) is 14.2. The number of amides is 1. The van der Waals surface area contributed by atoms with Crippen molar-refractivity contribution in [3.63, 3.8) is 0 Å². The highest BCUT2D eigenvalue weighted by molar-refractivity contribution is 7.89. The molecule has 2 rings (SSSR count). The number of nitrogens with one attached hydrogen (secondary N) is 2. The average Bonchev–Trinajstić information content (AvgIpc) is 2.62. The van der Waals surface area contributed by atoms with Crippen molar-refractivity contribution < 1.29 is 17.9 Å². The Hall–Kier alpha value is -2.89. The lowest BCUT2D eigenvalue weighted by atomic mass is 10.2. The third kappa shape index (κ3) is 4.79. The van der Waals surface area contributed by atoms with Crippen molar-refractivity contribution in [1.82, 2.24) is 4.72 Å². The van der Waals surface area contributed by atoms with Crippen molar-refractivity contribution in [2.75, 3.05) is 12.4 Å². The molecule has 0 aliphatic rings. The van der Waals surface area contributed by atoms with E-state index in [9.17, 15) is 13.2 Å². The lowest BCUT2D eigenvalue weighted by Crippen LogP contribution is -2.30. The molecule has 0 radical (unpaired) electrons. The van der Waals surface area contributed by atoms with Gasteiger partial charge in [-0.1, -0.05) is 0 Å². The zero-order chi connectivity index (χ0) is 18.4. The fourth-order valence-corrected chi connectivity index (χ4v) is 2.67. The van der Waals surface area contributed by atoms with Gasteiger partial charge in [0.25, 0.3) is 5.91 Å². The minimum Gasteiger partial charge on any atom is -0.481 e. The molecule has 0 bridgehead atoms. The number of rotatable bonds is 6. The molecule has 8 heteroatoms. The second kappa shape index (κ2) is 7.79. The summed E-state index contributed by atoms with van der Waals surface area (Å²) in [6.45, 7) is 1.59. The van der Waals surface area contributed by atoms with E-state index in [1.54, 1.807) is 31.2 Å². The summed E-state index contributed by atoms with van der Waals surface area (Å²) >= 11 is 0. The van der Waals surface area contributed by atoms with Crippen molar-refractivity contribution in [3.8, 4) is 11.8 Å². The first-order valence-corrected chi connectivity index (χ1v) is 8.85. The van der Waals surface area contributed by atoms with E-state index >= 15 is 0 Å². The molecule has 130 valence electrons. The van der Waals surface area contributed by atoms with Crippen LogP contribution in [0.3, 0.4) is 0 Å². The third-order valence-electron chi connectivity index (χ3n) is 3.37. The first-order valence-electron chi connectivity index (χ1n) is 7.37. The van der Waals surface area contributed by atoms with Gasteiger partial charge in [-0.05, 0) is 62.5 Å². The standard InChI is InChI=1S/C17H17N3O4S/c1-12(24-15-7-3-13(11-18)4-8-15)17(21)20-14-5-9-16(10-6-14)25(22,23)19-2/h3-10,12,19H,1-2H3,(H,20,21)/t12-/m0/s1. The molecule has 0 spiro atoms. The minimum atomic E-state index is -3.52. The van der Waals surface area contributed by atoms with E-state index in [4.69, 9.17) is 10.00 Å². The van der Waals surface area contributed by atoms with Gasteiger partial charge in [0, 0.05) is 5.69 Å². The molecule has 2 aromatic rings. The largest absolute Gasteiger partial charge is 0.481 e. The molecule has 1 atom stereocenters. The number of benzene rings is 2. The van der Waals surface area contributed by atoms with Gasteiger partial charge in [0.15, 0.2) is 6.10 Å². The summed E-state index contributed by atoms with van der Waals surface area (Å²) in [5.41, 5.74) is 0.955. The highest BCUT2D eigenvalue weighted by Crippen LogP contribution is 2.16. The normalized spacial score (nSPS) is 12.0. The fourth-order valence-electron chi connectivity index (χ4n) is 1.94. The Morgan fingerprint density at radius 2 is 1.72 bits per heavy atom. The maximum atomic E-state index is 12.2. The Morgan fingerprint density at radius 1 is 1.12 bits per heavy atom. The first kappa shape index (κ1) is 18.4. The molecular weight excluding hydrogens is 342 g/mol. The van der Waals surface area contributed by atoms with Crippen LogP contribution in [0.5, 0.6) is 5.75 Å². The molecule has 1 amide bonds. The van der Waals surface area contributed by atoms with Crippen LogP contribution in [0, 0.1) is 11.3 Å². The van der Waals surface area contributed by atoms with Gasteiger partial charge in [-0.3, -0.25) is 4.79 Å². The summed E-state index contributed by atoms with van der Waals surface area (Å²) < 4.78 is 31.0. The van der Waals surface area contributed by atoms with Crippen LogP contribution in [0.15, 0.2) is 53.4 Å². The van der Waals surface area contributed by atoms with Crippen molar-refractivity contribution >= 4 is 21.6 Å². The molecule has 0 aromatic heterocycles. The van der Waals surface area contributed by atoms with Gasteiger partial charge < -0.3 is 10.1 Å². The number of hydrogen-bond donors (Lipinski definition) is 2. The summed E-state index contributed by atoms with van der Waals surface area (Å²) in [6.07, 6.45) is -0.770. The molecule has 0 aliphatic heterocycles. The van der Waals surface area contributed by atoms with Crippen LogP contribution < -0.4 is 14.8 Å². The summed E-state index contributed by atoms with van der Waals surface area (Å²) in [4.78, 5) is 12.3. The minimum absolute atomic E-state index is 0.106. The SMILES string of the molecule is CNS(=O)(=O)c1ccc(NC(=O)[C@H](C)Oc2ccc(C#N)cc2)cc1. The Balaban J connectivity index is 1.99. The number of sulfonamides is 1.